The molecule has 1 aromatic rings. The van der Waals surface area contributed by atoms with Gasteiger partial charge in [0.05, 0.1) is 5.60 Å². The average molecular weight is 448 g/mol. The van der Waals surface area contributed by atoms with Gasteiger partial charge in [0.1, 0.15) is 0 Å². The van der Waals surface area contributed by atoms with Gasteiger partial charge in [0.2, 0.25) is 10.0 Å². The fourth-order valence-corrected chi connectivity index (χ4v) is 6.00. The lowest BCUT2D eigenvalue weighted by Gasteiger charge is -2.42. The summed E-state index contributed by atoms with van der Waals surface area (Å²) in [5.74, 6) is -1.32. The molecule has 9 heteroatoms. The number of hydrogen-bond acceptors (Lipinski definition) is 5. The molecule has 144 valence electrons. The highest BCUT2D eigenvalue weighted by atomic mass is 79.9. The minimum atomic E-state index is -4.05. The normalized spacial score (nSPS) is 23.5. The van der Waals surface area contributed by atoms with Crippen molar-refractivity contribution in [2.45, 2.75) is 36.0 Å². The molecular formula is C17H22BrNO6S. The number of aliphatic carboxylic acids is 1. The van der Waals surface area contributed by atoms with Crippen molar-refractivity contribution in [1.82, 2.24) is 4.31 Å². The number of ether oxygens (including phenoxy) is 1. The molecule has 2 heterocycles. The van der Waals surface area contributed by atoms with Crippen molar-refractivity contribution < 1.29 is 28.2 Å². The van der Waals surface area contributed by atoms with Crippen molar-refractivity contribution in [3.05, 3.63) is 34.3 Å². The Balaban J connectivity index is 1.80. The van der Waals surface area contributed by atoms with Crippen molar-refractivity contribution in [1.29, 1.82) is 0 Å². The lowest BCUT2D eigenvalue weighted by molar-refractivity contribution is -0.143. The molecule has 2 N–H and O–H groups in total. The number of nitrogens with zero attached hydrogens (tertiary/aromatic N) is 1. The highest BCUT2D eigenvalue weighted by Gasteiger charge is 2.55. The van der Waals surface area contributed by atoms with Crippen LogP contribution in [-0.4, -0.2) is 60.0 Å². The lowest BCUT2D eigenvalue weighted by atomic mass is 9.85. The number of rotatable bonds is 4. The van der Waals surface area contributed by atoms with Crippen LogP contribution >= 0.6 is 15.9 Å². The van der Waals surface area contributed by atoms with Gasteiger partial charge in [-0.3, -0.25) is 4.79 Å². The number of piperidine rings is 1. The largest absolute Gasteiger partial charge is 0.480 e. The van der Waals surface area contributed by atoms with Crippen LogP contribution in [0.5, 0.6) is 0 Å². The summed E-state index contributed by atoms with van der Waals surface area (Å²) in [7, 11) is -4.05. The van der Waals surface area contributed by atoms with E-state index in [1.54, 1.807) is 0 Å². The van der Waals surface area contributed by atoms with E-state index in [2.05, 4.69) is 15.9 Å². The zero-order valence-corrected chi connectivity index (χ0v) is 16.6. The first kappa shape index (κ1) is 19.8. The Morgan fingerprint density at radius 1 is 1.08 bits per heavy atom. The van der Waals surface area contributed by atoms with E-state index in [-0.39, 0.29) is 52.0 Å². The highest BCUT2D eigenvalue weighted by Crippen LogP contribution is 2.38. The SMILES string of the molecule is O=C(O)C1(S(=O)(=O)N2CCC(O)(c3ccc(Br)cc3)CC2)CCOCC1. The molecule has 1 aromatic carbocycles. The third-order valence-electron chi connectivity index (χ3n) is 5.46. The standard InChI is InChI=1S/C17H22BrNO6S/c18-14-3-1-13(2-4-14)16(22)5-9-19(10-6-16)26(23,24)17(15(20)21)7-11-25-12-8-17/h1-4,22H,5-12H2,(H,20,21). The molecule has 0 aromatic heterocycles. The smallest absolute Gasteiger partial charge is 0.326 e. The molecule has 7 nitrogen and oxygen atoms in total. The maximum absolute atomic E-state index is 13.1. The van der Waals surface area contributed by atoms with Gasteiger partial charge in [-0.2, -0.15) is 0 Å². The van der Waals surface area contributed by atoms with Gasteiger partial charge in [0, 0.05) is 43.6 Å². The molecule has 2 aliphatic heterocycles. The summed E-state index contributed by atoms with van der Waals surface area (Å²) in [6.07, 6.45) is 0.330. The van der Waals surface area contributed by atoms with Gasteiger partial charge in [0.15, 0.2) is 4.75 Å². The van der Waals surface area contributed by atoms with Crippen LogP contribution in [0.4, 0.5) is 0 Å². The van der Waals surface area contributed by atoms with Crippen LogP contribution in [0.25, 0.3) is 0 Å². The van der Waals surface area contributed by atoms with Gasteiger partial charge in [-0.1, -0.05) is 28.1 Å². The molecule has 0 atom stereocenters. The number of sulfonamides is 1. The Labute approximate surface area is 161 Å². The van der Waals surface area contributed by atoms with Gasteiger partial charge < -0.3 is 14.9 Å². The fourth-order valence-electron chi connectivity index (χ4n) is 3.68. The summed E-state index contributed by atoms with van der Waals surface area (Å²) < 4.78 is 31.6. The van der Waals surface area contributed by atoms with Crippen molar-refractivity contribution in [3.63, 3.8) is 0 Å². The number of halogens is 1. The first-order valence-corrected chi connectivity index (χ1v) is 10.7. The number of benzene rings is 1. The molecule has 0 saturated carbocycles. The fraction of sp³-hybridized carbons (Fsp3) is 0.588. The molecule has 0 spiro atoms. The van der Waals surface area contributed by atoms with E-state index < -0.39 is 26.3 Å². The quantitative estimate of drug-likeness (QED) is 0.727. The van der Waals surface area contributed by atoms with E-state index in [9.17, 15) is 23.4 Å². The van der Waals surface area contributed by atoms with Crippen LogP contribution in [0.2, 0.25) is 0 Å². The maximum atomic E-state index is 13.1. The van der Waals surface area contributed by atoms with E-state index in [0.29, 0.717) is 0 Å². The monoisotopic (exact) mass is 447 g/mol. The summed E-state index contributed by atoms with van der Waals surface area (Å²) in [6.45, 7) is 0.403. The maximum Gasteiger partial charge on any atom is 0.326 e. The van der Waals surface area contributed by atoms with E-state index in [4.69, 9.17) is 4.74 Å². The molecule has 0 amide bonds. The van der Waals surface area contributed by atoms with Crippen LogP contribution in [-0.2, 0) is 25.2 Å². The summed E-state index contributed by atoms with van der Waals surface area (Å²) in [5, 5.41) is 20.6. The second kappa shape index (κ2) is 7.20. The average Bonchev–Trinajstić information content (AvgIpc) is 2.63. The van der Waals surface area contributed by atoms with Gasteiger partial charge in [-0.05, 0) is 30.5 Å². The minimum Gasteiger partial charge on any atom is -0.480 e. The molecule has 0 bridgehead atoms. The van der Waals surface area contributed by atoms with Crippen molar-refractivity contribution in [2.75, 3.05) is 26.3 Å². The molecule has 0 unspecified atom stereocenters. The Morgan fingerprint density at radius 2 is 1.62 bits per heavy atom. The van der Waals surface area contributed by atoms with Crippen LogP contribution in [0, 0.1) is 0 Å². The van der Waals surface area contributed by atoms with Crippen LogP contribution in [0.15, 0.2) is 28.7 Å². The third-order valence-corrected chi connectivity index (χ3v) is 8.60. The zero-order chi connectivity index (χ0) is 19.0. The Hall–Kier alpha value is -1.00. The minimum absolute atomic E-state index is 0.0574. The lowest BCUT2D eigenvalue weighted by Crippen LogP contribution is -2.58. The Bertz CT molecular complexity index is 765. The highest BCUT2D eigenvalue weighted by molar-refractivity contribution is 9.10. The summed E-state index contributed by atoms with van der Waals surface area (Å²) >= 11 is 3.35. The van der Waals surface area contributed by atoms with Crippen molar-refractivity contribution >= 4 is 31.9 Å². The number of carbonyl (C=O) groups is 1. The van der Waals surface area contributed by atoms with Crippen LogP contribution in [0.1, 0.15) is 31.2 Å². The number of carboxylic acid groups (broad SMARTS) is 1. The predicted octanol–water partition coefficient (Wildman–Crippen LogP) is 1.70. The Morgan fingerprint density at radius 3 is 2.12 bits per heavy atom. The van der Waals surface area contributed by atoms with Gasteiger partial charge >= 0.3 is 5.97 Å². The van der Waals surface area contributed by atoms with Gasteiger partial charge in [-0.25, -0.2) is 12.7 Å². The molecule has 2 fully saturated rings. The van der Waals surface area contributed by atoms with E-state index in [1.807, 2.05) is 24.3 Å². The van der Waals surface area contributed by atoms with Crippen LogP contribution in [0.3, 0.4) is 0 Å². The third kappa shape index (κ3) is 3.31. The molecule has 2 saturated heterocycles. The Kier molecular flexibility index (Phi) is 5.47. The molecule has 3 rings (SSSR count). The van der Waals surface area contributed by atoms with E-state index in [1.165, 1.54) is 4.31 Å². The molecule has 2 aliphatic rings. The van der Waals surface area contributed by atoms with Gasteiger partial charge in [0.25, 0.3) is 0 Å². The van der Waals surface area contributed by atoms with Crippen LogP contribution < -0.4 is 0 Å². The second-order valence-electron chi connectivity index (χ2n) is 6.85. The first-order valence-electron chi connectivity index (χ1n) is 8.51. The first-order chi connectivity index (χ1) is 12.2. The van der Waals surface area contributed by atoms with Crippen molar-refractivity contribution in [2.24, 2.45) is 0 Å². The summed E-state index contributed by atoms with van der Waals surface area (Å²) in [5.41, 5.74) is -0.379. The summed E-state index contributed by atoms with van der Waals surface area (Å²) in [4.78, 5) is 11.8. The van der Waals surface area contributed by atoms with Gasteiger partial charge in [-0.15, -0.1) is 0 Å². The molecule has 26 heavy (non-hydrogen) atoms. The van der Waals surface area contributed by atoms with E-state index in [0.717, 1.165) is 10.0 Å². The number of hydrogen-bond donors (Lipinski definition) is 2. The summed E-state index contributed by atoms with van der Waals surface area (Å²) in [6, 6.07) is 7.28. The second-order valence-corrected chi connectivity index (χ2v) is 10.0. The van der Waals surface area contributed by atoms with Crippen molar-refractivity contribution in [3.8, 4) is 0 Å². The number of carboxylic acids is 1. The molecule has 0 aliphatic carbocycles. The predicted molar refractivity (Wildman–Crippen MR) is 98.2 cm³/mol. The topological polar surface area (TPSA) is 104 Å². The number of aliphatic hydroxyl groups is 1. The van der Waals surface area contributed by atoms with E-state index >= 15 is 0 Å². The molecular weight excluding hydrogens is 426 g/mol. The molecule has 0 radical (unpaired) electrons. The zero-order valence-electron chi connectivity index (χ0n) is 14.2.